The van der Waals surface area contributed by atoms with Crippen LogP contribution in [0.4, 0.5) is 4.79 Å². The molecule has 10 heteroatoms. The van der Waals surface area contributed by atoms with Gasteiger partial charge in [-0.05, 0) is 42.5 Å². The number of phenolic OH excluding ortho intramolecular Hbond substituents is 1. The Morgan fingerprint density at radius 1 is 1.00 bits per heavy atom. The van der Waals surface area contributed by atoms with Crippen LogP contribution in [0.5, 0.6) is 11.5 Å². The summed E-state index contributed by atoms with van der Waals surface area (Å²) < 4.78 is 7.07. The van der Waals surface area contributed by atoms with Crippen molar-refractivity contribution in [3.63, 3.8) is 0 Å². The number of barbiturate groups is 1. The van der Waals surface area contributed by atoms with Crippen LogP contribution in [0.1, 0.15) is 23.6 Å². The molecule has 5 rings (SSSR count). The van der Waals surface area contributed by atoms with Crippen molar-refractivity contribution in [3.05, 3.63) is 58.0 Å². The summed E-state index contributed by atoms with van der Waals surface area (Å²) in [4.78, 5) is 56.5. The quantitative estimate of drug-likeness (QED) is 0.623. The molecule has 0 spiro atoms. The van der Waals surface area contributed by atoms with E-state index in [4.69, 9.17) is 4.74 Å². The number of aromatic hydroxyl groups is 1. The number of ether oxygens (including phenoxy) is 1. The summed E-state index contributed by atoms with van der Waals surface area (Å²) in [6.45, 7) is 1.98. The van der Waals surface area contributed by atoms with Gasteiger partial charge in [-0.15, -0.1) is 0 Å². The van der Waals surface area contributed by atoms with E-state index in [1.807, 2.05) is 10.6 Å². The minimum absolute atomic E-state index is 0.00667. The highest BCUT2D eigenvalue weighted by atomic mass is 16.5. The Morgan fingerprint density at radius 2 is 1.72 bits per heavy atom. The van der Waals surface area contributed by atoms with E-state index in [0.717, 1.165) is 21.9 Å². The molecule has 0 radical (unpaired) electrons. The zero-order valence-electron chi connectivity index (χ0n) is 20.6. The van der Waals surface area contributed by atoms with Gasteiger partial charge in [0, 0.05) is 58.0 Å². The maximum absolute atomic E-state index is 13.7. The third-order valence-corrected chi connectivity index (χ3v) is 7.80. The average Bonchev–Trinajstić information content (AvgIpc) is 2.87. The fourth-order valence-corrected chi connectivity index (χ4v) is 6.16. The number of carbonyl (C=O) groups excluding carboxylic acids is 3. The fraction of sp³-hybridized carbons (Fsp3) is 0.462. The number of amides is 4. The van der Waals surface area contributed by atoms with E-state index >= 15 is 0 Å². The lowest BCUT2D eigenvalue weighted by atomic mass is 9.75. The average molecular weight is 495 g/mol. The molecule has 2 aromatic rings. The largest absolute Gasteiger partial charge is 0.504 e. The molecule has 2 saturated heterocycles. The number of imide groups is 2. The second-order valence-corrected chi connectivity index (χ2v) is 10.2. The van der Waals surface area contributed by atoms with Crippen molar-refractivity contribution in [2.45, 2.75) is 25.3 Å². The van der Waals surface area contributed by atoms with Crippen molar-refractivity contribution >= 4 is 17.8 Å². The van der Waals surface area contributed by atoms with Crippen LogP contribution in [0.3, 0.4) is 0 Å². The van der Waals surface area contributed by atoms with E-state index in [2.05, 4.69) is 4.90 Å². The third-order valence-electron chi connectivity index (χ3n) is 7.80. The molecule has 10 nitrogen and oxygen atoms in total. The maximum atomic E-state index is 13.7. The van der Waals surface area contributed by atoms with Crippen LogP contribution in [-0.2, 0) is 22.6 Å². The summed E-state index contributed by atoms with van der Waals surface area (Å²) in [5.41, 5.74) is 0.0809. The van der Waals surface area contributed by atoms with E-state index < -0.39 is 23.3 Å². The second kappa shape index (κ2) is 8.77. The topological polar surface area (TPSA) is 112 Å². The van der Waals surface area contributed by atoms with Gasteiger partial charge in [-0.25, -0.2) is 4.79 Å². The molecule has 36 heavy (non-hydrogen) atoms. The Kier molecular flexibility index (Phi) is 5.86. The first-order valence-electron chi connectivity index (χ1n) is 12.0. The van der Waals surface area contributed by atoms with Gasteiger partial charge in [0.05, 0.1) is 7.11 Å². The zero-order valence-corrected chi connectivity index (χ0v) is 20.6. The lowest BCUT2D eigenvalue weighted by molar-refractivity contribution is -0.159. The van der Waals surface area contributed by atoms with E-state index in [1.165, 1.54) is 27.3 Å². The van der Waals surface area contributed by atoms with Gasteiger partial charge in [-0.1, -0.05) is 12.1 Å². The minimum atomic E-state index is -1.53. The molecular weight excluding hydrogens is 464 g/mol. The molecular formula is C26H30N4O6. The van der Waals surface area contributed by atoms with Crippen LogP contribution < -0.4 is 10.3 Å². The van der Waals surface area contributed by atoms with Crippen LogP contribution >= 0.6 is 0 Å². The van der Waals surface area contributed by atoms with Crippen molar-refractivity contribution in [2.75, 3.05) is 40.8 Å². The molecule has 2 fully saturated rings. The number of carbonyl (C=O) groups is 3. The molecule has 3 aliphatic heterocycles. The molecule has 1 N–H and O–H groups in total. The smallest absolute Gasteiger partial charge is 0.332 e. The molecule has 0 aliphatic carbocycles. The summed E-state index contributed by atoms with van der Waals surface area (Å²) in [6.07, 6.45) is 0.993. The van der Waals surface area contributed by atoms with Gasteiger partial charge >= 0.3 is 6.03 Å². The number of pyridine rings is 1. The molecule has 2 bridgehead atoms. The van der Waals surface area contributed by atoms with Crippen LogP contribution in [-0.4, -0.2) is 83.1 Å². The Labute approximate surface area is 208 Å². The fourth-order valence-electron chi connectivity index (χ4n) is 6.16. The van der Waals surface area contributed by atoms with Crippen molar-refractivity contribution in [3.8, 4) is 11.5 Å². The van der Waals surface area contributed by atoms with Gasteiger partial charge in [-0.3, -0.25) is 24.2 Å². The lowest BCUT2D eigenvalue weighted by Crippen LogP contribution is -2.67. The molecule has 2 atom stereocenters. The number of piperidine rings is 1. The SMILES string of the molecule is COc1cc(CC2(CN3C[C@@H]4C[C@@H](C3)c3cccc(=O)n3C4)C(=O)N(C)C(=O)N(C)C2=O)ccc1O. The van der Waals surface area contributed by atoms with Crippen LogP contribution in [0.2, 0.25) is 0 Å². The number of rotatable bonds is 5. The van der Waals surface area contributed by atoms with Crippen LogP contribution in [0.15, 0.2) is 41.2 Å². The molecule has 0 unspecified atom stereocenters. The highest BCUT2D eigenvalue weighted by molar-refractivity contribution is 6.19. The summed E-state index contributed by atoms with van der Waals surface area (Å²) in [6, 6.07) is 9.40. The number of urea groups is 1. The Balaban J connectivity index is 1.51. The Hall–Kier alpha value is -3.66. The number of nitrogens with zero attached hydrogens (tertiary/aromatic N) is 4. The van der Waals surface area contributed by atoms with Gasteiger partial charge in [-0.2, -0.15) is 0 Å². The van der Waals surface area contributed by atoms with Crippen molar-refractivity contribution in [1.82, 2.24) is 19.3 Å². The van der Waals surface area contributed by atoms with Gasteiger partial charge < -0.3 is 19.3 Å². The van der Waals surface area contributed by atoms with E-state index in [9.17, 15) is 24.3 Å². The number of fused-ring (bicyclic) bond motifs is 4. The normalized spacial score (nSPS) is 23.6. The standard InChI is InChI=1S/C26H30N4O6/c1-27-23(33)26(24(34)28(2)25(27)35,11-16-7-8-20(31)21(10-16)36-3)15-29-12-17-9-18(14-29)19-5-4-6-22(32)30(19)13-17/h4-8,10,17-18,31H,9,11-15H2,1-3H3/t17-,18-/m0/s1. The first-order chi connectivity index (χ1) is 17.1. The summed E-state index contributed by atoms with van der Waals surface area (Å²) in [7, 11) is 4.22. The highest BCUT2D eigenvalue weighted by Gasteiger charge is 2.56. The Bertz CT molecular complexity index is 1280. The number of benzene rings is 1. The van der Waals surface area contributed by atoms with Crippen molar-refractivity contribution in [1.29, 1.82) is 0 Å². The number of hydrogen-bond donors (Lipinski definition) is 1. The Morgan fingerprint density at radius 3 is 2.42 bits per heavy atom. The number of phenols is 1. The number of methoxy groups -OCH3 is 1. The highest BCUT2D eigenvalue weighted by Crippen LogP contribution is 2.40. The third kappa shape index (κ3) is 3.76. The van der Waals surface area contributed by atoms with E-state index in [-0.39, 0.29) is 41.9 Å². The van der Waals surface area contributed by atoms with Crippen LogP contribution in [0.25, 0.3) is 0 Å². The van der Waals surface area contributed by atoms with E-state index in [0.29, 0.717) is 25.2 Å². The predicted molar refractivity (Wildman–Crippen MR) is 130 cm³/mol. The zero-order chi connectivity index (χ0) is 25.8. The van der Waals surface area contributed by atoms with Gasteiger partial charge in [0.2, 0.25) is 11.8 Å². The van der Waals surface area contributed by atoms with Crippen molar-refractivity contribution < 1.29 is 24.2 Å². The predicted octanol–water partition coefficient (Wildman–Crippen LogP) is 1.26. The maximum Gasteiger partial charge on any atom is 0.332 e. The van der Waals surface area contributed by atoms with E-state index in [1.54, 1.807) is 24.3 Å². The molecule has 1 aromatic heterocycles. The van der Waals surface area contributed by atoms with Gasteiger partial charge in [0.1, 0.15) is 5.41 Å². The van der Waals surface area contributed by atoms with Crippen molar-refractivity contribution in [2.24, 2.45) is 11.3 Å². The lowest BCUT2D eigenvalue weighted by Gasteiger charge is -2.48. The van der Waals surface area contributed by atoms with Crippen LogP contribution in [0, 0.1) is 11.3 Å². The first-order valence-corrected chi connectivity index (χ1v) is 12.0. The summed E-state index contributed by atoms with van der Waals surface area (Å²) in [5.74, 6) is -0.564. The minimum Gasteiger partial charge on any atom is -0.504 e. The number of likely N-dealkylation sites (tertiary alicyclic amines) is 1. The first kappa shape index (κ1) is 24.1. The van der Waals surface area contributed by atoms with Gasteiger partial charge in [0.15, 0.2) is 11.5 Å². The molecule has 4 amide bonds. The number of aromatic nitrogens is 1. The molecule has 4 heterocycles. The molecule has 190 valence electrons. The monoisotopic (exact) mass is 494 g/mol. The molecule has 3 aliphatic rings. The second-order valence-electron chi connectivity index (χ2n) is 10.2. The van der Waals surface area contributed by atoms with Gasteiger partial charge in [0.25, 0.3) is 5.56 Å². The number of hydrogen-bond acceptors (Lipinski definition) is 7. The molecule has 0 saturated carbocycles. The molecule has 1 aromatic carbocycles. The summed E-state index contributed by atoms with van der Waals surface area (Å²) in [5, 5.41) is 10.0. The summed E-state index contributed by atoms with van der Waals surface area (Å²) >= 11 is 0.